The van der Waals surface area contributed by atoms with Crippen molar-refractivity contribution in [2.24, 2.45) is 16.7 Å². The third-order valence-electron chi connectivity index (χ3n) is 3.74. The Hall–Kier alpha value is -3.04. The van der Waals surface area contributed by atoms with Crippen molar-refractivity contribution in [3.8, 4) is 11.4 Å². The van der Waals surface area contributed by atoms with E-state index in [1.54, 1.807) is 44.2 Å². The average molecular weight is 375 g/mol. The first-order chi connectivity index (χ1) is 12.5. The van der Waals surface area contributed by atoms with Gasteiger partial charge in [-0.05, 0) is 12.1 Å². The van der Waals surface area contributed by atoms with E-state index in [9.17, 15) is 0 Å². The van der Waals surface area contributed by atoms with E-state index in [0.717, 1.165) is 16.0 Å². The predicted molar refractivity (Wildman–Crippen MR) is 103 cm³/mol. The topological polar surface area (TPSA) is 120 Å². The summed E-state index contributed by atoms with van der Waals surface area (Å²) in [6.07, 6.45) is 1.67. The Morgan fingerprint density at radius 3 is 2.85 bits per heavy atom. The molecule has 136 valence electrons. The highest BCUT2D eigenvalue weighted by atomic mass is 35.5. The highest BCUT2D eigenvalue weighted by Crippen LogP contribution is 2.32. The Balaban J connectivity index is 2.28. The number of ether oxygens (including phenoxy) is 1. The second kappa shape index (κ2) is 7.06. The van der Waals surface area contributed by atoms with Crippen LogP contribution in [-0.4, -0.2) is 46.9 Å². The largest absolute Gasteiger partial charge is 0.494 e. The van der Waals surface area contributed by atoms with Crippen molar-refractivity contribution in [3.63, 3.8) is 0 Å². The summed E-state index contributed by atoms with van der Waals surface area (Å²) in [5.41, 5.74) is 8.11. The molecule has 0 atom stereocenters. The first kappa shape index (κ1) is 17.8. The lowest BCUT2D eigenvalue weighted by Gasteiger charge is -2.15. The number of para-hydroxylation sites is 1. The third kappa shape index (κ3) is 3.09. The van der Waals surface area contributed by atoms with E-state index in [4.69, 9.17) is 27.9 Å². The lowest BCUT2D eigenvalue weighted by atomic mass is 10.1. The van der Waals surface area contributed by atoms with Gasteiger partial charge >= 0.3 is 0 Å². The minimum absolute atomic E-state index is 0.221. The van der Waals surface area contributed by atoms with E-state index in [0.29, 0.717) is 28.0 Å². The van der Waals surface area contributed by atoms with Gasteiger partial charge in [0.1, 0.15) is 10.8 Å². The molecule has 0 saturated heterocycles. The normalized spacial score (nSPS) is 11.7. The van der Waals surface area contributed by atoms with Crippen molar-refractivity contribution in [3.05, 3.63) is 41.2 Å². The first-order valence-electron chi connectivity index (χ1n) is 7.68. The maximum atomic E-state index is 6.08. The van der Waals surface area contributed by atoms with Gasteiger partial charge in [-0.3, -0.25) is 0 Å². The van der Waals surface area contributed by atoms with E-state index in [-0.39, 0.29) is 5.84 Å². The first-order valence-corrected chi connectivity index (χ1v) is 8.06. The number of pyridine rings is 1. The fraction of sp³-hybridized carbons (Fsp3) is 0.188. The van der Waals surface area contributed by atoms with Crippen molar-refractivity contribution in [2.75, 3.05) is 26.5 Å². The molecule has 0 fully saturated rings. The van der Waals surface area contributed by atoms with Crippen LogP contribution in [0.25, 0.3) is 16.6 Å². The van der Waals surface area contributed by atoms with Crippen LogP contribution in [0.4, 0.5) is 5.82 Å². The summed E-state index contributed by atoms with van der Waals surface area (Å²) in [4.78, 5) is 4.13. The zero-order chi connectivity index (χ0) is 18.8. The molecule has 9 nitrogen and oxygen atoms in total. The van der Waals surface area contributed by atoms with Gasteiger partial charge in [-0.25, -0.2) is 20.6 Å². The number of hydrazone groups is 1. The van der Waals surface area contributed by atoms with Gasteiger partial charge in [0.05, 0.1) is 23.6 Å². The molecule has 0 spiro atoms. The highest BCUT2D eigenvalue weighted by molar-refractivity contribution is 6.30. The number of rotatable bonds is 5. The molecule has 0 amide bonds. The minimum atomic E-state index is 0.221. The number of benzene rings is 1. The molecule has 0 radical (unpaired) electrons. The number of hydrogen-bond acceptors (Lipinski definition) is 7. The molecular formula is C16H19ClN8O. The van der Waals surface area contributed by atoms with Gasteiger partial charge in [-0.1, -0.05) is 17.7 Å². The fourth-order valence-electron chi connectivity index (χ4n) is 2.69. The summed E-state index contributed by atoms with van der Waals surface area (Å²) in [5.74, 6) is 6.96. The minimum Gasteiger partial charge on any atom is -0.494 e. The molecule has 0 unspecified atom stereocenters. The van der Waals surface area contributed by atoms with Gasteiger partial charge in [0.25, 0.3) is 0 Å². The summed E-state index contributed by atoms with van der Waals surface area (Å²) >= 11 is 6.08. The highest BCUT2D eigenvalue weighted by Gasteiger charge is 2.19. The van der Waals surface area contributed by atoms with Crippen LogP contribution in [0.1, 0.15) is 5.56 Å². The van der Waals surface area contributed by atoms with Gasteiger partial charge in [-0.15, -0.1) is 10.2 Å². The molecular weight excluding hydrogens is 356 g/mol. The molecule has 0 aliphatic rings. The molecule has 0 saturated carbocycles. The number of fused-ring (bicyclic) bond motifs is 1. The van der Waals surface area contributed by atoms with Crippen LogP contribution in [0.5, 0.6) is 5.75 Å². The number of methoxy groups -OCH3 is 1. The van der Waals surface area contributed by atoms with Crippen molar-refractivity contribution in [2.45, 2.75) is 0 Å². The summed E-state index contributed by atoms with van der Waals surface area (Å²) in [7, 11) is 4.93. The fourth-order valence-corrected chi connectivity index (χ4v) is 2.84. The zero-order valence-corrected chi connectivity index (χ0v) is 15.3. The van der Waals surface area contributed by atoms with Crippen LogP contribution in [0.3, 0.4) is 0 Å². The molecule has 3 rings (SSSR count). The quantitative estimate of drug-likeness (QED) is 0.204. The predicted octanol–water partition coefficient (Wildman–Crippen LogP) is 1.55. The van der Waals surface area contributed by atoms with Gasteiger partial charge in [0.15, 0.2) is 17.4 Å². The molecule has 10 heteroatoms. The maximum absolute atomic E-state index is 6.08. The summed E-state index contributed by atoms with van der Waals surface area (Å²) in [6, 6.07) is 7.23. The summed E-state index contributed by atoms with van der Waals surface area (Å²) < 4.78 is 7.32. The Morgan fingerprint density at radius 2 is 2.19 bits per heavy atom. The molecule has 3 aromatic rings. The van der Waals surface area contributed by atoms with E-state index in [2.05, 4.69) is 20.5 Å². The lowest BCUT2D eigenvalue weighted by Crippen LogP contribution is -2.26. The molecule has 1 aromatic carbocycles. The van der Waals surface area contributed by atoms with Crippen molar-refractivity contribution < 1.29 is 4.74 Å². The van der Waals surface area contributed by atoms with Gasteiger partial charge in [-0.2, -0.15) is 0 Å². The number of nitrogens with one attached hydrogen (secondary N) is 1. The van der Waals surface area contributed by atoms with E-state index in [1.807, 2.05) is 12.1 Å². The Labute approximate surface area is 155 Å². The zero-order valence-electron chi connectivity index (χ0n) is 14.6. The number of hydrogen-bond donors (Lipinski definition) is 3. The molecule has 0 aliphatic carbocycles. The lowest BCUT2D eigenvalue weighted by molar-refractivity contribution is 0.371. The van der Waals surface area contributed by atoms with Crippen LogP contribution in [-0.2, 0) is 0 Å². The van der Waals surface area contributed by atoms with E-state index in [1.165, 1.54) is 0 Å². The second-order valence-corrected chi connectivity index (χ2v) is 5.84. The van der Waals surface area contributed by atoms with Gasteiger partial charge < -0.3 is 15.8 Å². The van der Waals surface area contributed by atoms with E-state index < -0.39 is 0 Å². The third-order valence-corrected chi connectivity index (χ3v) is 3.94. The Kier molecular flexibility index (Phi) is 4.83. The Bertz CT molecular complexity index is 982. The molecule has 2 heterocycles. The van der Waals surface area contributed by atoms with Crippen LogP contribution >= 0.6 is 11.6 Å². The van der Waals surface area contributed by atoms with Crippen molar-refractivity contribution in [1.82, 2.24) is 19.9 Å². The number of halogens is 1. The van der Waals surface area contributed by atoms with Crippen LogP contribution in [0, 0.1) is 0 Å². The standard InChI is InChI=1S/C16H19ClN8O/c1-20-16-10-8-21-13(17)7-12(10)25(23-16)11-6-4-5-9(14(11)26-3)15(18)22-24(2)19/h4-8H,19H2,1-3H3,(H2,18,22)(H,20,23). The number of amidine groups is 1. The molecule has 0 bridgehead atoms. The number of hydrazine groups is 1. The van der Waals surface area contributed by atoms with Crippen LogP contribution in [0.15, 0.2) is 35.6 Å². The number of nitrogens with two attached hydrogens (primary N) is 2. The molecule has 0 aliphatic heterocycles. The van der Waals surface area contributed by atoms with Crippen molar-refractivity contribution in [1.29, 1.82) is 0 Å². The average Bonchev–Trinajstić information content (AvgIpc) is 2.97. The van der Waals surface area contributed by atoms with E-state index >= 15 is 0 Å². The summed E-state index contributed by atoms with van der Waals surface area (Å²) in [6.45, 7) is 0. The smallest absolute Gasteiger partial charge is 0.157 e. The van der Waals surface area contributed by atoms with Crippen LogP contribution < -0.4 is 21.6 Å². The SMILES string of the molecule is CNc1nn(-c2cccc(/C(N)=N/N(C)N)c2OC)c2cc(Cl)ncc12. The molecule has 5 N–H and O–H groups in total. The number of nitrogens with zero attached hydrogens (tertiary/aromatic N) is 5. The van der Waals surface area contributed by atoms with Gasteiger partial charge in [0.2, 0.25) is 0 Å². The van der Waals surface area contributed by atoms with Crippen LogP contribution in [0.2, 0.25) is 5.15 Å². The van der Waals surface area contributed by atoms with Crippen molar-refractivity contribution >= 4 is 34.2 Å². The number of aromatic nitrogens is 3. The molecule has 26 heavy (non-hydrogen) atoms. The van der Waals surface area contributed by atoms with Gasteiger partial charge in [0, 0.05) is 26.4 Å². The second-order valence-electron chi connectivity index (χ2n) is 5.45. The monoisotopic (exact) mass is 374 g/mol. The molecule has 2 aromatic heterocycles. The summed E-state index contributed by atoms with van der Waals surface area (Å²) in [5, 5.41) is 14.0. The maximum Gasteiger partial charge on any atom is 0.157 e. The number of anilines is 1. The Morgan fingerprint density at radius 1 is 1.42 bits per heavy atom.